The highest BCUT2D eigenvalue weighted by atomic mass is 32.2. The monoisotopic (exact) mass is 410 g/mol. The molecular weight excluding hydrogens is 388 g/mol. The zero-order chi connectivity index (χ0) is 20.7. The van der Waals surface area contributed by atoms with Crippen LogP contribution in [0.2, 0.25) is 0 Å². The molecule has 7 heteroatoms. The Labute approximate surface area is 170 Å². The van der Waals surface area contributed by atoms with Crippen molar-refractivity contribution in [2.24, 2.45) is 0 Å². The van der Waals surface area contributed by atoms with Crippen LogP contribution >= 0.6 is 0 Å². The predicted octanol–water partition coefficient (Wildman–Crippen LogP) is 4.05. The molecule has 0 bridgehead atoms. The number of hydrogen-bond acceptors (Lipinski definition) is 4. The minimum Gasteiger partial charge on any atom is -0.469 e. The number of hydrogen-bond donors (Lipinski definition) is 2. The summed E-state index contributed by atoms with van der Waals surface area (Å²) >= 11 is 0. The van der Waals surface area contributed by atoms with Crippen LogP contribution in [0.3, 0.4) is 0 Å². The van der Waals surface area contributed by atoms with Crippen LogP contribution in [0, 0.1) is 0 Å². The fourth-order valence-corrected chi connectivity index (χ4v) is 3.58. The first-order valence-electron chi connectivity index (χ1n) is 9.10. The molecule has 3 rings (SSSR count). The molecule has 0 aliphatic carbocycles. The van der Waals surface area contributed by atoms with Crippen molar-refractivity contribution in [3.63, 3.8) is 0 Å². The number of carbonyl (C=O) groups is 1. The van der Waals surface area contributed by atoms with Crippen molar-refractivity contribution in [1.82, 2.24) is 5.32 Å². The largest absolute Gasteiger partial charge is 0.469 e. The predicted molar refractivity (Wildman–Crippen MR) is 114 cm³/mol. The van der Waals surface area contributed by atoms with Crippen molar-refractivity contribution in [3.05, 3.63) is 95.3 Å². The van der Waals surface area contributed by atoms with Gasteiger partial charge in [0.1, 0.15) is 5.76 Å². The summed E-state index contributed by atoms with van der Waals surface area (Å²) in [5.74, 6) is 0.563. The third kappa shape index (κ3) is 6.36. The van der Waals surface area contributed by atoms with Gasteiger partial charge in [-0.25, -0.2) is 8.42 Å². The standard InChI is InChI=1S/C22H22N2O4S/c1-17(16-21-8-5-14-28-21)23-22(25)19-9-11-20(12-10-19)24-29(26,27)15-13-18-6-3-2-4-7-18/h2-15,17,24H,16H2,1H3,(H,23,25)/b15-13+. The zero-order valence-electron chi connectivity index (χ0n) is 15.9. The van der Waals surface area contributed by atoms with E-state index >= 15 is 0 Å². The van der Waals surface area contributed by atoms with Crippen molar-refractivity contribution in [2.45, 2.75) is 19.4 Å². The first kappa shape index (κ1) is 20.4. The Kier molecular flexibility index (Phi) is 6.51. The molecule has 6 nitrogen and oxygen atoms in total. The molecule has 1 aromatic heterocycles. The van der Waals surface area contributed by atoms with Crippen LogP contribution in [0.1, 0.15) is 28.6 Å². The average Bonchev–Trinajstić information content (AvgIpc) is 3.20. The molecule has 0 aliphatic rings. The molecule has 0 saturated carbocycles. The van der Waals surface area contributed by atoms with Gasteiger partial charge in [-0.1, -0.05) is 30.3 Å². The number of sulfonamides is 1. The quantitative estimate of drug-likeness (QED) is 0.586. The van der Waals surface area contributed by atoms with Crippen molar-refractivity contribution in [2.75, 3.05) is 4.72 Å². The highest BCUT2D eigenvalue weighted by molar-refractivity contribution is 7.95. The molecule has 2 aromatic carbocycles. The summed E-state index contributed by atoms with van der Waals surface area (Å²) in [6, 6.07) is 19.0. The van der Waals surface area contributed by atoms with Gasteiger partial charge in [0.15, 0.2) is 0 Å². The maximum atomic E-state index is 12.3. The zero-order valence-corrected chi connectivity index (χ0v) is 16.7. The molecule has 150 valence electrons. The van der Waals surface area contributed by atoms with Crippen LogP contribution in [-0.4, -0.2) is 20.4 Å². The summed E-state index contributed by atoms with van der Waals surface area (Å²) in [5.41, 5.74) is 1.61. The van der Waals surface area contributed by atoms with Gasteiger partial charge in [0.05, 0.1) is 11.7 Å². The summed E-state index contributed by atoms with van der Waals surface area (Å²) in [5, 5.41) is 4.00. The van der Waals surface area contributed by atoms with Gasteiger partial charge in [-0.05, 0) is 55.0 Å². The van der Waals surface area contributed by atoms with E-state index in [2.05, 4.69) is 10.0 Å². The van der Waals surface area contributed by atoms with E-state index in [0.717, 1.165) is 16.7 Å². The van der Waals surface area contributed by atoms with Crippen LogP contribution in [0.4, 0.5) is 5.69 Å². The third-order valence-corrected chi connectivity index (χ3v) is 5.13. The minimum atomic E-state index is -3.66. The number of rotatable bonds is 8. The number of benzene rings is 2. The van der Waals surface area contributed by atoms with E-state index < -0.39 is 10.0 Å². The molecule has 0 spiro atoms. The highest BCUT2D eigenvalue weighted by Gasteiger charge is 2.12. The van der Waals surface area contributed by atoms with Gasteiger partial charge < -0.3 is 9.73 Å². The third-order valence-electron chi connectivity index (χ3n) is 4.11. The van der Waals surface area contributed by atoms with Crippen LogP contribution < -0.4 is 10.0 Å². The average molecular weight is 410 g/mol. The Morgan fingerprint density at radius 3 is 2.41 bits per heavy atom. The van der Waals surface area contributed by atoms with Crippen LogP contribution in [0.15, 0.2) is 82.8 Å². The Morgan fingerprint density at radius 1 is 1.03 bits per heavy atom. The van der Waals surface area contributed by atoms with Gasteiger partial charge in [0, 0.05) is 23.7 Å². The van der Waals surface area contributed by atoms with Gasteiger partial charge in [0.25, 0.3) is 15.9 Å². The molecule has 1 heterocycles. The van der Waals surface area contributed by atoms with E-state index in [9.17, 15) is 13.2 Å². The SMILES string of the molecule is CC(Cc1ccco1)NC(=O)c1ccc(NS(=O)(=O)/C=C/c2ccccc2)cc1. The van der Waals surface area contributed by atoms with Crippen molar-refractivity contribution >= 4 is 27.7 Å². The number of anilines is 1. The minimum absolute atomic E-state index is 0.102. The fourth-order valence-electron chi connectivity index (χ4n) is 2.71. The van der Waals surface area contributed by atoms with E-state index in [1.807, 2.05) is 43.3 Å². The number of amides is 1. The lowest BCUT2D eigenvalue weighted by molar-refractivity contribution is 0.0939. The second-order valence-electron chi connectivity index (χ2n) is 6.60. The maximum Gasteiger partial charge on any atom is 0.255 e. The second-order valence-corrected chi connectivity index (χ2v) is 8.16. The van der Waals surface area contributed by atoms with Crippen LogP contribution in [-0.2, 0) is 16.4 Å². The first-order valence-corrected chi connectivity index (χ1v) is 10.7. The topological polar surface area (TPSA) is 88.4 Å². The van der Waals surface area contributed by atoms with Crippen molar-refractivity contribution in [3.8, 4) is 0 Å². The summed E-state index contributed by atoms with van der Waals surface area (Å²) in [4.78, 5) is 12.3. The normalized spacial score (nSPS) is 12.6. The molecule has 2 N–H and O–H groups in total. The molecule has 0 saturated heterocycles. The second kappa shape index (κ2) is 9.25. The lowest BCUT2D eigenvalue weighted by atomic mass is 10.1. The Morgan fingerprint density at radius 2 is 1.76 bits per heavy atom. The molecule has 0 aliphatic heterocycles. The smallest absolute Gasteiger partial charge is 0.255 e. The molecule has 1 amide bonds. The summed E-state index contributed by atoms with van der Waals surface area (Å²) in [6.45, 7) is 1.89. The molecular formula is C22H22N2O4S. The van der Waals surface area contributed by atoms with Gasteiger partial charge in [-0.3, -0.25) is 9.52 Å². The van der Waals surface area contributed by atoms with Gasteiger partial charge in [0.2, 0.25) is 0 Å². The highest BCUT2D eigenvalue weighted by Crippen LogP contribution is 2.13. The van der Waals surface area contributed by atoms with E-state index in [-0.39, 0.29) is 11.9 Å². The van der Waals surface area contributed by atoms with Crippen LogP contribution in [0.5, 0.6) is 0 Å². The molecule has 1 unspecified atom stereocenters. The van der Waals surface area contributed by atoms with E-state index in [1.165, 1.54) is 6.08 Å². The Bertz CT molecular complexity index is 1060. The fraction of sp³-hybridized carbons (Fsp3) is 0.136. The number of carbonyl (C=O) groups excluding carboxylic acids is 1. The molecule has 0 radical (unpaired) electrons. The Hall–Kier alpha value is -3.32. The van der Waals surface area contributed by atoms with Gasteiger partial charge >= 0.3 is 0 Å². The lowest BCUT2D eigenvalue weighted by Crippen LogP contribution is -2.33. The molecule has 29 heavy (non-hydrogen) atoms. The molecule has 0 fully saturated rings. The summed E-state index contributed by atoms with van der Waals surface area (Å²) in [7, 11) is -3.66. The van der Waals surface area contributed by atoms with Gasteiger partial charge in [-0.15, -0.1) is 0 Å². The van der Waals surface area contributed by atoms with Crippen LogP contribution in [0.25, 0.3) is 6.08 Å². The molecule has 1 atom stereocenters. The van der Waals surface area contributed by atoms with E-state index in [0.29, 0.717) is 17.7 Å². The van der Waals surface area contributed by atoms with E-state index in [1.54, 1.807) is 36.6 Å². The lowest BCUT2D eigenvalue weighted by Gasteiger charge is -2.13. The maximum absolute atomic E-state index is 12.3. The summed E-state index contributed by atoms with van der Waals surface area (Å²) in [6.07, 6.45) is 3.70. The summed E-state index contributed by atoms with van der Waals surface area (Å²) < 4.78 is 32.2. The molecule has 3 aromatic rings. The first-order chi connectivity index (χ1) is 13.9. The van der Waals surface area contributed by atoms with Crippen molar-refractivity contribution in [1.29, 1.82) is 0 Å². The van der Waals surface area contributed by atoms with Gasteiger partial charge in [-0.2, -0.15) is 0 Å². The number of furan rings is 1. The Balaban J connectivity index is 1.57. The van der Waals surface area contributed by atoms with Crippen molar-refractivity contribution < 1.29 is 17.6 Å². The number of nitrogens with one attached hydrogen (secondary N) is 2. The van der Waals surface area contributed by atoms with E-state index in [4.69, 9.17) is 4.42 Å².